The van der Waals surface area contributed by atoms with Crippen molar-refractivity contribution in [2.45, 2.75) is 32.3 Å². The molecule has 0 unspecified atom stereocenters. The summed E-state index contributed by atoms with van der Waals surface area (Å²) in [7, 11) is 0. The Kier molecular flexibility index (Phi) is 5.69. The number of carbonyl (C=O) groups excluding carboxylic acids is 2. The second-order valence-corrected chi connectivity index (χ2v) is 6.50. The van der Waals surface area contributed by atoms with E-state index >= 15 is 0 Å². The van der Waals surface area contributed by atoms with Crippen LogP contribution in [0.3, 0.4) is 0 Å². The fourth-order valence-corrected chi connectivity index (χ4v) is 3.32. The number of likely N-dealkylation sites (tertiary alicyclic amines) is 2. The normalized spacial score (nSPS) is 20.9. The summed E-state index contributed by atoms with van der Waals surface area (Å²) in [6, 6.07) is 9.78. The van der Waals surface area contributed by atoms with E-state index in [1.807, 2.05) is 40.1 Å². The number of hydrogen-bond donors (Lipinski definition) is 1. The lowest BCUT2D eigenvalue weighted by Crippen LogP contribution is -2.49. The molecule has 2 aliphatic heterocycles. The number of amides is 3. The van der Waals surface area contributed by atoms with Crippen LogP contribution in [0.2, 0.25) is 0 Å². The number of rotatable bonds is 4. The zero-order valence-corrected chi connectivity index (χ0v) is 13.9. The van der Waals surface area contributed by atoms with Gasteiger partial charge < -0.3 is 9.80 Å². The average Bonchev–Trinajstić information content (AvgIpc) is 3.16. The summed E-state index contributed by atoms with van der Waals surface area (Å²) in [6.07, 6.45) is 3.81. The lowest BCUT2D eigenvalue weighted by atomic mass is 9.98. The maximum atomic E-state index is 12.5. The number of hydrogen-bond acceptors (Lipinski definition) is 3. The van der Waals surface area contributed by atoms with Crippen molar-refractivity contribution in [3.8, 4) is 0 Å². The minimum Gasteiger partial charge on any atom is -0.325 e. The SMILES string of the molecule is O=C(NOCc1ccccc1)[C@@H]1CCCN(C(=O)N2CCCC2)C1. The molecule has 0 spiro atoms. The van der Waals surface area contributed by atoms with Crippen molar-refractivity contribution in [1.29, 1.82) is 0 Å². The van der Waals surface area contributed by atoms with Crippen molar-refractivity contribution in [3.63, 3.8) is 0 Å². The molecule has 2 saturated heterocycles. The van der Waals surface area contributed by atoms with E-state index in [0.717, 1.165) is 50.9 Å². The molecule has 0 aromatic heterocycles. The molecular formula is C18H25N3O3. The Morgan fingerprint density at radius 1 is 1.04 bits per heavy atom. The van der Waals surface area contributed by atoms with E-state index in [-0.39, 0.29) is 17.9 Å². The van der Waals surface area contributed by atoms with E-state index in [0.29, 0.717) is 13.2 Å². The highest BCUT2D eigenvalue weighted by molar-refractivity contribution is 5.80. The molecule has 0 aliphatic carbocycles. The highest BCUT2D eigenvalue weighted by Crippen LogP contribution is 2.20. The number of nitrogens with zero attached hydrogens (tertiary/aromatic N) is 2. The molecule has 2 fully saturated rings. The van der Waals surface area contributed by atoms with Crippen LogP contribution in [0, 0.1) is 5.92 Å². The zero-order valence-electron chi connectivity index (χ0n) is 13.9. The standard InChI is InChI=1S/C18H25N3O3/c22-17(19-24-14-15-7-2-1-3-8-15)16-9-6-12-21(13-16)18(23)20-10-4-5-11-20/h1-3,7-8,16H,4-6,9-14H2,(H,19,22)/t16-/m1/s1. The first kappa shape index (κ1) is 16.8. The van der Waals surface area contributed by atoms with Crippen LogP contribution in [0.25, 0.3) is 0 Å². The summed E-state index contributed by atoms with van der Waals surface area (Å²) in [5.74, 6) is -0.328. The Labute approximate surface area is 142 Å². The minimum absolute atomic E-state index is 0.0789. The van der Waals surface area contributed by atoms with Crippen LogP contribution in [0.15, 0.2) is 30.3 Å². The van der Waals surface area contributed by atoms with Gasteiger partial charge in [0.2, 0.25) is 5.91 Å². The van der Waals surface area contributed by atoms with Crippen molar-refractivity contribution >= 4 is 11.9 Å². The van der Waals surface area contributed by atoms with Gasteiger partial charge >= 0.3 is 6.03 Å². The molecule has 24 heavy (non-hydrogen) atoms. The number of nitrogens with one attached hydrogen (secondary N) is 1. The van der Waals surface area contributed by atoms with Crippen LogP contribution in [0.4, 0.5) is 4.79 Å². The summed E-state index contributed by atoms with van der Waals surface area (Å²) in [5, 5.41) is 0. The highest BCUT2D eigenvalue weighted by Gasteiger charge is 2.31. The second-order valence-electron chi connectivity index (χ2n) is 6.50. The fourth-order valence-electron chi connectivity index (χ4n) is 3.32. The monoisotopic (exact) mass is 331 g/mol. The van der Waals surface area contributed by atoms with Crippen LogP contribution >= 0.6 is 0 Å². The van der Waals surface area contributed by atoms with Gasteiger partial charge in [-0.15, -0.1) is 0 Å². The third-order valence-corrected chi connectivity index (χ3v) is 4.69. The van der Waals surface area contributed by atoms with E-state index in [2.05, 4.69) is 5.48 Å². The summed E-state index contributed by atoms with van der Waals surface area (Å²) >= 11 is 0. The maximum absolute atomic E-state index is 12.5. The zero-order chi connectivity index (χ0) is 16.8. The van der Waals surface area contributed by atoms with Crippen LogP contribution in [0.5, 0.6) is 0 Å². The van der Waals surface area contributed by atoms with Gasteiger partial charge in [0, 0.05) is 26.2 Å². The molecule has 1 atom stereocenters. The average molecular weight is 331 g/mol. The van der Waals surface area contributed by atoms with Gasteiger partial charge in [-0.2, -0.15) is 0 Å². The van der Waals surface area contributed by atoms with Crippen molar-refractivity contribution in [3.05, 3.63) is 35.9 Å². The predicted molar refractivity (Wildman–Crippen MR) is 89.9 cm³/mol. The van der Waals surface area contributed by atoms with Gasteiger partial charge in [0.05, 0.1) is 12.5 Å². The van der Waals surface area contributed by atoms with Crippen LogP contribution < -0.4 is 5.48 Å². The van der Waals surface area contributed by atoms with Gasteiger partial charge in [0.25, 0.3) is 0 Å². The van der Waals surface area contributed by atoms with Gasteiger partial charge in [-0.3, -0.25) is 9.63 Å². The van der Waals surface area contributed by atoms with E-state index < -0.39 is 0 Å². The van der Waals surface area contributed by atoms with Gasteiger partial charge in [-0.1, -0.05) is 30.3 Å². The van der Waals surface area contributed by atoms with Crippen molar-refractivity contribution in [1.82, 2.24) is 15.3 Å². The number of hydroxylamine groups is 1. The summed E-state index contributed by atoms with van der Waals surface area (Å²) in [6.45, 7) is 3.24. The Morgan fingerprint density at radius 3 is 2.50 bits per heavy atom. The number of piperidine rings is 1. The molecular weight excluding hydrogens is 306 g/mol. The highest BCUT2D eigenvalue weighted by atomic mass is 16.6. The topological polar surface area (TPSA) is 61.9 Å². The van der Waals surface area contributed by atoms with Gasteiger partial charge in [0.15, 0.2) is 0 Å². The molecule has 1 N–H and O–H groups in total. The summed E-state index contributed by atoms with van der Waals surface area (Å²) in [4.78, 5) is 33.8. The molecule has 0 saturated carbocycles. The quantitative estimate of drug-likeness (QED) is 0.860. The molecule has 6 heteroatoms. The Morgan fingerprint density at radius 2 is 1.75 bits per heavy atom. The number of benzene rings is 1. The van der Waals surface area contributed by atoms with E-state index in [1.165, 1.54) is 0 Å². The van der Waals surface area contributed by atoms with E-state index in [4.69, 9.17) is 4.84 Å². The second kappa shape index (κ2) is 8.15. The summed E-state index contributed by atoms with van der Waals surface area (Å²) < 4.78 is 0. The number of carbonyl (C=O) groups is 2. The minimum atomic E-state index is -0.193. The first-order valence-electron chi connectivity index (χ1n) is 8.73. The predicted octanol–water partition coefficient (Wildman–Crippen LogP) is 2.16. The summed E-state index contributed by atoms with van der Waals surface area (Å²) in [5.41, 5.74) is 3.55. The molecule has 0 radical (unpaired) electrons. The van der Waals surface area contributed by atoms with Crippen molar-refractivity contribution in [2.24, 2.45) is 5.92 Å². The maximum Gasteiger partial charge on any atom is 0.320 e. The fraction of sp³-hybridized carbons (Fsp3) is 0.556. The first-order chi connectivity index (χ1) is 11.7. The van der Waals surface area contributed by atoms with E-state index in [9.17, 15) is 9.59 Å². The van der Waals surface area contributed by atoms with Crippen LogP contribution in [0.1, 0.15) is 31.2 Å². The lowest BCUT2D eigenvalue weighted by Gasteiger charge is -2.34. The van der Waals surface area contributed by atoms with Gasteiger partial charge in [-0.25, -0.2) is 10.3 Å². The Bertz CT molecular complexity index is 558. The van der Waals surface area contributed by atoms with Crippen molar-refractivity contribution in [2.75, 3.05) is 26.2 Å². The van der Waals surface area contributed by atoms with Gasteiger partial charge in [-0.05, 0) is 31.2 Å². The molecule has 0 bridgehead atoms. The van der Waals surface area contributed by atoms with E-state index in [1.54, 1.807) is 0 Å². The van der Waals surface area contributed by atoms with Crippen molar-refractivity contribution < 1.29 is 14.4 Å². The van der Waals surface area contributed by atoms with Crippen LogP contribution in [-0.2, 0) is 16.2 Å². The molecule has 2 aliphatic rings. The Hall–Kier alpha value is -2.08. The Balaban J connectivity index is 1.45. The molecule has 6 nitrogen and oxygen atoms in total. The molecule has 1 aromatic rings. The molecule has 3 rings (SSSR count). The smallest absolute Gasteiger partial charge is 0.320 e. The first-order valence-corrected chi connectivity index (χ1v) is 8.73. The molecule has 2 heterocycles. The largest absolute Gasteiger partial charge is 0.325 e. The molecule has 3 amide bonds. The molecule has 130 valence electrons. The molecule has 1 aromatic carbocycles. The lowest BCUT2D eigenvalue weighted by molar-refractivity contribution is -0.140. The van der Waals surface area contributed by atoms with Gasteiger partial charge in [0.1, 0.15) is 0 Å². The third-order valence-electron chi connectivity index (χ3n) is 4.69. The number of urea groups is 1. The van der Waals surface area contributed by atoms with Crippen LogP contribution in [-0.4, -0.2) is 47.9 Å². The third kappa shape index (κ3) is 4.26.